The van der Waals surface area contributed by atoms with Crippen molar-refractivity contribution in [3.8, 4) is 0 Å². The fourth-order valence-corrected chi connectivity index (χ4v) is 2.58. The van der Waals surface area contributed by atoms with Crippen molar-refractivity contribution in [2.45, 2.75) is 45.6 Å². The molecular weight excluding hydrogens is 196 g/mol. The molecule has 1 aromatic rings. The average Bonchev–Trinajstić information content (AvgIpc) is 2.25. The summed E-state index contributed by atoms with van der Waals surface area (Å²) in [5.74, 6) is 0.783. The molecule has 0 aromatic heterocycles. The molecule has 16 heavy (non-hydrogen) atoms. The molecule has 1 aliphatic carbocycles. The van der Waals surface area contributed by atoms with Crippen LogP contribution in [0.25, 0.3) is 0 Å². The first-order chi connectivity index (χ1) is 7.66. The first-order valence-electron chi connectivity index (χ1n) is 6.29. The third-order valence-electron chi connectivity index (χ3n) is 3.70. The van der Waals surface area contributed by atoms with Gasteiger partial charge in [0.25, 0.3) is 0 Å². The van der Waals surface area contributed by atoms with E-state index in [1.807, 2.05) is 12.1 Å². The van der Waals surface area contributed by atoms with Gasteiger partial charge in [-0.2, -0.15) is 0 Å². The highest BCUT2D eigenvalue weighted by Crippen LogP contribution is 2.28. The van der Waals surface area contributed by atoms with E-state index in [2.05, 4.69) is 25.2 Å². The summed E-state index contributed by atoms with van der Waals surface area (Å²) in [6.45, 7) is 4.47. The van der Waals surface area contributed by atoms with Crippen molar-refractivity contribution >= 4 is 11.4 Å². The third-order valence-corrected chi connectivity index (χ3v) is 3.70. The van der Waals surface area contributed by atoms with Crippen LogP contribution < -0.4 is 11.1 Å². The SMILES string of the molecule is Cc1cc(N)ccc1N[C@@H]1CCCC[C@@H]1C. The number of nitrogen functional groups attached to an aromatic ring is 1. The summed E-state index contributed by atoms with van der Waals surface area (Å²) in [7, 11) is 0. The van der Waals surface area contributed by atoms with Crippen LogP contribution in [0.4, 0.5) is 11.4 Å². The molecule has 2 nitrogen and oxygen atoms in total. The lowest BCUT2D eigenvalue weighted by Crippen LogP contribution is -2.30. The summed E-state index contributed by atoms with van der Waals surface area (Å²) < 4.78 is 0. The Labute approximate surface area is 98.2 Å². The summed E-state index contributed by atoms with van der Waals surface area (Å²) in [4.78, 5) is 0. The van der Waals surface area contributed by atoms with Gasteiger partial charge in [-0.15, -0.1) is 0 Å². The summed E-state index contributed by atoms with van der Waals surface area (Å²) >= 11 is 0. The minimum atomic E-state index is 0.635. The maximum Gasteiger partial charge on any atom is 0.0373 e. The van der Waals surface area contributed by atoms with Gasteiger partial charge < -0.3 is 11.1 Å². The van der Waals surface area contributed by atoms with Gasteiger partial charge in [-0.05, 0) is 49.4 Å². The van der Waals surface area contributed by atoms with Crippen LogP contribution in [0.5, 0.6) is 0 Å². The quantitative estimate of drug-likeness (QED) is 0.745. The Hall–Kier alpha value is -1.18. The molecule has 0 spiro atoms. The predicted molar refractivity (Wildman–Crippen MR) is 70.6 cm³/mol. The van der Waals surface area contributed by atoms with E-state index in [1.54, 1.807) is 0 Å². The van der Waals surface area contributed by atoms with Crippen LogP contribution in [0, 0.1) is 12.8 Å². The zero-order valence-electron chi connectivity index (χ0n) is 10.3. The Morgan fingerprint density at radius 3 is 2.69 bits per heavy atom. The molecule has 2 atom stereocenters. The van der Waals surface area contributed by atoms with Gasteiger partial charge in [0.15, 0.2) is 0 Å². The van der Waals surface area contributed by atoms with Crippen molar-refractivity contribution < 1.29 is 0 Å². The average molecular weight is 218 g/mol. The summed E-state index contributed by atoms with van der Waals surface area (Å²) in [6, 6.07) is 6.75. The van der Waals surface area contributed by atoms with Gasteiger partial charge in [0.05, 0.1) is 0 Å². The lowest BCUT2D eigenvalue weighted by Gasteiger charge is -2.31. The topological polar surface area (TPSA) is 38.0 Å². The number of hydrogen-bond acceptors (Lipinski definition) is 2. The lowest BCUT2D eigenvalue weighted by molar-refractivity contribution is 0.349. The summed E-state index contributed by atoms with van der Waals surface area (Å²) in [6.07, 6.45) is 5.40. The first-order valence-corrected chi connectivity index (χ1v) is 6.29. The number of rotatable bonds is 2. The molecule has 3 N–H and O–H groups in total. The molecule has 0 unspecified atom stereocenters. The number of anilines is 2. The van der Waals surface area contributed by atoms with Crippen LogP contribution in [0.15, 0.2) is 18.2 Å². The fraction of sp³-hybridized carbons (Fsp3) is 0.571. The summed E-state index contributed by atoms with van der Waals surface area (Å²) in [5, 5.41) is 3.67. The van der Waals surface area contributed by atoms with Gasteiger partial charge >= 0.3 is 0 Å². The van der Waals surface area contributed by atoms with E-state index in [4.69, 9.17) is 5.73 Å². The maximum absolute atomic E-state index is 5.76. The molecule has 0 aliphatic heterocycles. The smallest absolute Gasteiger partial charge is 0.0373 e. The summed E-state index contributed by atoms with van der Waals surface area (Å²) in [5.41, 5.74) is 9.10. The van der Waals surface area contributed by atoms with Gasteiger partial charge in [-0.3, -0.25) is 0 Å². The van der Waals surface area contributed by atoms with Crippen LogP contribution in [0.2, 0.25) is 0 Å². The van der Waals surface area contributed by atoms with Crippen molar-refractivity contribution in [2.24, 2.45) is 5.92 Å². The van der Waals surface area contributed by atoms with E-state index in [1.165, 1.54) is 36.9 Å². The van der Waals surface area contributed by atoms with E-state index < -0.39 is 0 Å². The molecule has 0 radical (unpaired) electrons. The Morgan fingerprint density at radius 1 is 1.25 bits per heavy atom. The Kier molecular flexibility index (Phi) is 3.37. The zero-order chi connectivity index (χ0) is 11.5. The van der Waals surface area contributed by atoms with Crippen LogP contribution in [0.1, 0.15) is 38.2 Å². The van der Waals surface area contributed by atoms with Crippen LogP contribution >= 0.6 is 0 Å². The van der Waals surface area contributed by atoms with Crippen LogP contribution in [0.3, 0.4) is 0 Å². The molecule has 1 saturated carbocycles. The number of nitrogens with two attached hydrogens (primary N) is 1. The lowest BCUT2D eigenvalue weighted by atomic mass is 9.85. The normalized spacial score (nSPS) is 25.4. The van der Waals surface area contributed by atoms with Crippen molar-refractivity contribution in [3.05, 3.63) is 23.8 Å². The minimum Gasteiger partial charge on any atom is -0.399 e. The molecule has 0 saturated heterocycles. The van der Waals surface area contributed by atoms with Crippen LogP contribution in [-0.2, 0) is 0 Å². The second-order valence-corrected chi connectivity index (χ2v) is 5.09. The molecule has 1 aromatic carbocycles. The number of hydrogen-bond donors (Lipinski definition) is 2. The van der Waals surface area contributed by atoms with Crippen molar-refractivity contribution in [1.82, 2.24) is 0 Å². The van der Waals surface area contributed by atoms with E-state index in [0.29, 0.717) is 6.04 Å². The third kappa shape index (κ3) is 2.49. The largest absolute Gasteiger partial charge is 0.399 e. The molecular formula is C14H22N2. The van der Waals surface area contributed by atoms with Crippen LogP contribution in [-0.4, -0.2) is 6.04 Å². The molecule has 1 fully saturated rings. The molecule has 0 amide bonds. The van der Waals surface area contributed by atoms with Gasteiger partial charge in [-0.1, -0.05) is 19.8 Å². The molecule has 2 rings (SSSR count). The first kappa shape index (κ1) is 11.3. The second-order valence-electron chi connectivity index (χ2n) is 5.09. The van der Waals surface area contributed by atoms with Gasteiger partial charge in [-0.25, -0.2) is 0 Å². The Balaban J connectivity index is 2.07. The monoisotopic (exact) mass is 218 g/mol. The van der Waals surface area contributed by atoms with Crippen molar-refractivity contribution in [2.75, 3.05) is 11.1 Å². The van der Waals surface area contributed by atoms with Gasteiger partial charge in [0, 0.05) is 17.4 Å². The number of benzene rings is 1. The predicted octanol–water partition coefficient (Wildman–Crippen LogP) is 3.57. The highest BCUT2D eigenvalue weighted by molar-refractivity contribution is 5.57. The highest BCUT2D eigenvalue weighted by atomic mass is 14.9. The second kappa shape index (κ2) is 4.77. The van der Waals surface area contributed by atoms with E-state index >= 15 is 0 Å². The number of aryl methyl sites for hydroxylation is 1. The van der Waals surface area contributed by atoms with Gasteiger partial charge in [0.1, 0.15) is 0 Å². The number of nitrogens with one attached hydrogen (secondary N) is 1. The Morgan fingerprint density at radius 2 is 2.00 bits per heavy atom. The molecule has 1 aliphatic rings. The fourth-order valence-electron chi connectivity index (χ4n) is 2.58. The van der Waals surface area contributed by atoms with Gasteiger partial charge in [0.2, 0.25) is 0 Å². The van der Waals surface area contributed by atoms with E-state index in [-0.39, 0.29) is 0 Å². The molecule has 2 heteroatoms. The molecule has 0 heterocycles. The highest BCUT2D eigenvalue weighted by Gasteiger charge is 2.21. The Bertz CT molecular complexity index is 360. The van der Waals surface area contributed by atoms with E-state index in [0.717, 1.165) is 11.6 Å². The van der Waals surface area contributed by atoms with E-state index in [9.17, 15) is 0 Å². The standard InChI is InChI=1S/C14H22N2/c1-10-5-3-4-6-13(10)16-14-8-7-12(15)9-11(14)2/h7-10,13,16H,3-6,15H2,1-2H3/t10-,13+/m0/s1. The van der Waals surface area contributed by atoms with Crippen molar-refractivity contribution in [1.29, 1.82) is 0 Å². The minimum absolute atomic E-state index is 0.635. The zero-order valence-corrected chi connectivity index (χ0v) is 10.3. The molecule has 88 valence electrons. The maximum atomic E-state index is 5.76. The molecule has 0 bridgehead atoms. The van der Waals surface area contributed by atoms with Crippen molar-refractivity contribution in [3.63, 3.8) is 0 Å².